The van der Waals surface area contributed by atoms with Crippen LogP contribution in [-0.4, -0.2) is 45.5 Å². The molecule has 0 aliphatic carbocycles. The van der Waals surface area contributed by atoms with Crippen molar-refractivity contribution < 1.29 is 0 Å². The Balaban J connectivity index is 1.81. The largest absolute Gasteiger partial charge is 0.349 e. The van der Waals surface area contributed by atoms with Gasteiger partial charge in [0, 0.05) is 31.5 Å². The van der Waals surface area contributed by atoms with E-state index in [4.69, 9.17) is 5.26 Å². The van der Waals surface area contributed by atoms with Crippen molar-refractivity contribution in [3.8, 4) is 6.07 Å². The molecule has 3 heterocycles. The summed E-state index contributed by atoms with van der Waals surface area (Å²) in [5, 5.41) is 8.92. The zero-order valence-electron chi connectivity index (χ0n) is 14.0. The third-order valence-electron chi connectivity index (χ3n) is 4.54. The molecule has 1 atom stereocenters. The van der Waals surface area contributed by atoms with Gasteiger partial charge in [0.2, 0.25) is 0 Å². The number of aromatic nitrogens is 3. The average Bonchev–Trinajstić information content (AvgIpc) is 3.09. The van der Waals surface area contributed by atoms with E-state index in [9.17, 15) is 0 Å². The standard InChI is InChI=1S/C18H22N6/c1-2-23-9-3-4-17(23)14-24(13-15-5-7-20-8-6-15)18-12-21-16(10-19)11-22-18/h5-8,11-12,17H,2-4,9,13-14H2,1H3. The first kappa shape index (κ1) is 16.3. The summed E-state index contributed by atoms with van der Waals surface area (Å²) in [4.78, 5) is 17.5. The van der Waals surface area contributed by atoms with Crippen LogP contribution in [0.1, 0.15) is 31.0 Å². The lowest BCUT2D eigenvalue weighted by molar-refractivity contribution is 0.268. The van der Waals surface area contributed by atoms with Crippen LogP contribution in [0.3, 0.4) is 0 Å². The van der Waals surface area contributed by atoms with E-state index in [1.165, 1.54) is 24.9 Å². The zero-order chi connectivity index (χ0) is 16.8. The first-order valence-corrected chi connectivity index (χ1v) is 8.40. The molecule has 0 bridgehead atoms. The second-order valence-corrected chi connectivity index (χ2v) is 6.03. The van der Waals surface area contributed by atoms with Crippen LogP contribution in [0.15, 0.2) is 36.9 Å². The van der Waals surface area contributed by atoms with Gasteiger partial charge in [0.05, 0.1) is 12.4 Å². The summed E-state index contributed by atoms with van der Waals surface area (Å²) in [5.41, 5.74) is 1.54. The van der Waals surface area contributed by atoms with Crippen molar-refractivity contribution in [1.29, 1.82) is 5.26 Å². The normalized spacial score (nSPS) is 17.6. The number of hydrogen-bond donors (Lipinski definition) is 0. The fourth-order valence-corrected chi connectivity index (χ4v) is 3.26. The molecule has 0 aromatic carbocycles. The van der Waals surface area contributed by atoms with Gasteiger partial charge in [-0.25, -0.2) is 9.97 Å². The van der Waals surface area contributed by atoms with Gasteiger partial charge in [0.25, 0.3) is 0 Å². The van der Waals surface area contributed by atoms with Crippen LogP contribution in [0.2, 0.25) is 0 Å². The molecule has 1 aliphatic heterocycles. The summed E-state index contributed by atoms with van der Waals surface area (Å²) in [6.07, 6.45) is 9.33. The second-order valence-electron chi connectivity index (χ2n) is 6.03. The van der Waals surface area contributed by atoms with Crippen molar-refractivity contribution in [2.45, 2.75) is 32.4 Å². The van der Waals surface area contributed by atoms with Crippen LogP contribution in [0.25, 0.3) is 0 Å². The molecule has 1 fully saturated rings. The quantitative estimate of drug-likeness (QED) is 0.812. The number of nitriles is 1. The monoisotopic (exact) mass is 322 g/mol. The van der Waals surface area contributed by atoms with Gasteiger partial charge in [0.1, 0.15) is 11.9 Å². The number of nitrogens with zero attached hydrogens (tertiary/aromatic N) is 6. The maximum atomic E-state index is 8.92. The van der Waals surface area contributed by atoms with E-state index in [2.05, 4.69) is 31.7 Å². The molecular formula is C18H22N6. The Morgan fingerprint density at radius 2 is 2.12 bits per heavy atom. The Hall–Kier alpha value is -2.52. The molecule has 2 aromatic rings. The zero-order valence-corrected chi connectivity index (χ0v) is 14.0. The van der Waals surface area contributed by atoms with E-state index < -0.39 is 0 Å². The predicted octanol–water partition coefficient (Wildman–Crippen LogP) is 2.23. The van der Waals surface area contributed by atoms with Crippen molar-refractivity contribution in [3.05, 3.63) is 48.2 Å². The lowest BCUT2D eigenvalue weighted by atomic mass is 10.2. The third kappa shape index (κ3) is 3.87. The summed E-state index contributed by atoms with van der Waals surface area (Å²) >= 11 is 0. The topological polar surface area (TPSA) is 68.9 Å². The Bertz CT molecular complexity index is 679. The Labute approximate surface area is 142 Å². The molecule has 1 unspecified atom stereocenters. The first-order valence-electron chi connectivity index (χ1n) is 8.40. The lowest BCUT2D eigenvalue weighted by Crippen LogP contribution is -2.40. The molecule has 0 radical (unpaired) electrons. The van der Waals surface area contributed by atoms with Crippen LogP contribution in [0.4, 0.5) is 5.82 Å². The molecule has 2 aromatic heterocycles. The number of likely N-dealkylation sites (tertiary alicyclic amines) is 1. The fourth-order valence-electron chi connectivity index (χ4n) is 3.26. The van der Waals surface area contributed by atoms with E-state index in [0.717, 1.165) is 25.5 Å². The summed E-state index contributed by atoms with van der Waals surface area (Å²) in [6, 6.07) is 6.61. The molecular weight excluding hydrogens is 300 g/mol. The molecule has 0 amide bonds. The van der Waals surface area contributed by atoms with Crippen molar-refractivity contribution in [3.63, 3.8) is 0 Å². The van der Waals surface area contributed by atoms with Crippen LogP contribution in [0.5, 0.6) is 0 Å². The van der Waals surface area contributed by atoms with E-state index in [1.54, 1.807) is 12.4 Å². The van der Waals surface area contributed by atoms with Crippen LogP contribution in [0, 0.1) is 11.3 Å². The maximum absolute atomic E-state index is 8.92. The Morgan fingerprint density at radius 1 is 1.29 bits per heavy atom. The molecule has 3 rings (SSSR count). The van der Waals surface area contributed by atoms with Gasteiger partial charge in [0.15, 0.2) is 5.69 Å². The summed E-state index contributed by atoms with van der Waals surface area (Å²) in [7, 11) is 0. The highest BCUT2D eigenvalue weighted by atomic mass is 15.3. The number of anilines is 1. The van der Waals surface area contributed by atoms with E-state index in [0.29, 0.717) is 11.7 Å². The number of likely N-dealkylation sites (N-methyl/N-ethyl adjacent to an activating group) is 1. The molecule has 6 nitrogen and oxygen atoms in total. The lowest BCUT2D eigenvalue weighted by Gasteiger charge is -2.31. The molecule has 1 saturated heterocycles. The maximum Gasteiger partial charge on any atom is 0.158 e. The van der Waals surface area contributed by atoms with E-state index in [1.807, 2.05) is 30.6 Å². The van der Waals surface area contributed by atoms with Crippen LogP contribution >= 0.6 is 0 Å². The van der Waals surface area contributed by atoms with Gasteiger partial charge in [-0.05, 0) is 43.6 Å². The number of rotatable bonds is 6. The molecule has 24 heavy (non-hydrogen) atoms. The minimum atomic E-state index is 0.346. The first-order chi connectivity index (χ1) is 11.8. The number of pyridine rings is 1. The van der Waals surface area contributed by atoms with E-state index in [-0.39, 0.29) is 0 Å². The highest BCUT2D eigenvalue weighted by Crippen LogP contribution is 2.21. The molecule has 6 heteroatoms. The molecule has 1 aliphatic rings. The smallest absolute Gasteiger partial charge is 0.158 e. The van der Waals surface area contributed by atoms with Crippen molar-refractivity contribution in [2.75, 3.05) is 24.5 Å². The SMILES string of the molecule is CCN1CCCC1CN(Cc1ccncc1)c1cnc(C#N)cn1. The highest BCUT2D eigenvalue weighted by molar-refractivity contribution is 5.39. The Kier molecular flexibility index (Phi) is 5.34. The Morgan fingerprint density at radius 3 is 2.79 bits per heavy atom. The van der Waals surface area contributed by atoms with Crippen LogP contribution in [-0.2, 0) is 6.54 Å². The minimum absolute atomic E-state index is 0.346. The predicted molar refractivity (Wildman–Crippen MR) is 92.3 cm³/mol. The second kappa shape index (κ2) is 7.84. The molecule has 124 valence electrons. The van der Waals surface area contributed by atoms with Crippen molar-refractivity contribution in [2.24, 2.45) is 0 Å². The van der Waals surface area contributed by atoms with Crippen LogP contribution < -0.4 is 4.90 Å². The fraction of sp³-hybridized carbons (Fsp3) is 0.444. The number of hydrogen-bond acceptors (Lipinski definition) is 6. The summed E-state index contributed by atoms with van der Waals surface area (Å²) in [5.74, 6) is 0.814. The van der Waals surface area contributed by atoms with Crippen molar-refractivity contribution in [1.82, 2.24) is 19.9 Å². The van der Waals surface area contributed by atoms with Gasteiger partial charge in [-0.1, -0.05) is 6.92 Å². The molecule has 0 saturated carbocycles. The van der Waals surface area contributed by atoms with Gasteiger partial charge in [-0.2, -0.15) is 5.26 Å². The third-order valence-corrected chi connectivity index (χ3v) is 4.54. The highest BCUT2D eigenvalue weighted by Gasteiger charge is 2.25. The average molecular weight is 322 g/mol. The summed E-state index contributed by atoms with van der Waals surface area (Å²) < 4.78 is 0. The van der Waals surface area contributed by atoms with Gasteiger partial charge in [-0.15, -0.1) is 0 Å². The minimum Gasteiger partial charge on any atom is -0.349 e. The molecule has 0 spiro atoms. The van der Waals surface area contributed by atoms with Gasteiger partial charge in [-0.3, -0.25) is 9.88 Å². The summed E-state index contributed by atoms with van der Waals surface area (Å²) in [6.45, 7) is 6.14. The van der Waals surface area contributed by atoms with Gasteiger partial charge >= 0.3 is 0 Å². The van der Waals surface area contributed by atoms with Gasteiger partial charge < -0.3 is 4.90 Å². The van der Waals surface area contributed by atoms with E-state index >= 15 is 0 Å². The van der Waals surface area contributed by atoms with Crippen molar-refractivity contribution >= 4 is 5.82 Å². The molecule has 0 N–H and O–H groups in total.